The van der Waals surface area contributed by atoms with Crippen LogP contribution in [0.2, 0.25) is 0 Å². The monoisotopic (exact) mass is 321 g/mol. The number of rotatable bonds is 3. The molecule has 0 heterocycles. The van der Waals surface area contributed by atoms with Crippen molar-refractivity contribution in [3.8, 4) is 0 Å². The molecular formula is C18H15N3O3. The highest BCUT2D eigenvalue weighted by Gasteiger charge is 2.17. The van der Waals surface area contributed by atoms with Gasteiger partial charge in [0, 0.05) is 10.9 Å². The first-order valence-electron chi connectivity index (χ1n) is 7.24. The molecule has 6 heteroatoms. The lowest BCUT2D eigenvalue weighted by Gasteiger charge is -2.12. The van der Waals surface area contributed by atoms with E-state index in [4.69, 9.17) is 10.9 Å². The number of carbonyl (C=O) groups excluding carboxylic acids is 2. The molecule has 0 unspecified atom stereocenters. The maximum absolute atomic E-state index is 12.7. The molecule has 3 aromatic rings. The van der Waals surface area contributed by atoms with Gasteiger partial charge in [-0.15, -0.1) is 0 Å². The maximum Gasteiger partial charge on any atom is 0.275 e. The van der Waals surface area contributed by atoms with Crippen LogP contribution in [0.5, 0.6) is 0 Å². The molecule has 2 amide bonds. The minimum absolute atomic E-state index is 0.210. The van der Waals surface area contributed by atoms with Gasteiger partial charge in [0.15, 0.2) is 0 Å². The van der Waals surface area contributed by atoms with E-state index in [1.807, 2.05) is 0 Å². The smallest absolute Gasteiger partial charge is 0.275 e. The number of benzene rings is 3. The topological polar surface area (TPSA) is 104 Å². The van der Waals surface area contributed by atoms with E-state index in [1.54, 1.807) is 66.1 Å². The first kappa shape index (κ1) is 15.5. The predicted molar refractivity (Wildman–Crippen MR) is 92.0 cm³/mol. The highest BCUT2D eigenvalue weighted by Crippen LogP contribution is 2.25. The number of amides is 2. The lowest BCUT2D eigenvalue weighted by atomic mass is 9.98. The highest BCUT2D eigenvalue weighted by molar-refractivity contribution is 6.18. The van der Waals surface area contributed by atoms with Crippen LogP contribution < -0.4 is 16.5 Å². The van der Waals surface area contributed by atoms with Gasteiger partial charge in [0.25, 0.3) is 11.8 Å². The van der Waals surface area contributed by atoms with Crippen molar-refractivity contribution in [2.75, 3.05) is 11.1 Å². The van der Waals surface area contributed by atoms with Gasteiger partial charge in [0.2, 0.25) is 0 Å². The molecule has 0 aliphatic heterocycles. The summed E-state index contributed by atoms with van der Waals surface area (Å²) in [6.45, 7) is 0. The van der Waals surface area contributed by atoms with Crippen LogP contribution in [0.3, 0.4) is 0 Å². The minimum atomic E-state index is -0.680. The second kappa shape index (κ2) is 6.39. The number of nitrogen functional groups attached to an aromatic ring is 1. The molecule has 3 aromatic carbocycles. The predicted octanol–water partition coefficient (Wildman–Crippen LogP) is 2.79. The van der Waals surface area contributed by atoms with Gasteiger partial charge in [-0.1, -0.05) is 36.4 Å². The molecule has 0 saturated heterocycles. The van der Waals surface area contributed by atoms with Crippen molar-refractivity contribution in [1.29, 1.82) is 0 Å². The summed E-state index contributed by atoms with van der Waals surface area (Å²) in [6, 6.07) is 17.1. The molecule has 0 aliphatic rings. The van der Waals surface area contributed by atoms with Crippen LogP contribution in [0.1, 0.15) is 20.7 Å². The summed E-state index contributed by atoms with van der Waals surface area (Å²) in [5, 5.41) is 12.8. The molecule has 0 aliphatic carbocycles. The third-order valence-electron chi connectivity index (χ3n) is 3.70. The Bertz CT molecular complexity index is 932. The van der Waals surface area contributed by atoms with Crippen molar-refractivity contribution < 1.29 is 14.8 Å². The van der Waals surface area contributed by atoms with Gasteiger partial charge in [0.1, 0.15) is 0 Å². The normalized spacial score (nSPS) is 10.4. The van der Waals surface area contributed by atoms with E-state index >= 15 is 0 Å². The first-order chi connectivity index (χ1) is 11.6. The summed E-state index contributed by atoms with van der Waals surface area (Å²) in [5.41, 5.74) is 8.91. The molecular weight excluding hydrogens is 306 g/mol. The number of hydrogen-bond donors (Lipinski definition) is 4. The Morgan fingerprint density at radius 2 is 1.46 bits per heavy atom. The number of para-hydroxylation sites is 2. The van der Waals surface area contributed by atoms with E-state index in [0.29, 0.717) is 27.7 Å². The molecule has 6 nitrogen and oxygen atoms in total. The summed E-state index contributed by atoms with van der Waals surface area (Å²) in [5.74, 6) is -1.07. The summed E-state index contributed by atoms with van der Waals surface area (Å²) in [6.07, 6.45) is 0. The third kappa shape index (κ3) is 2.78. The van der Waals surface area contributed by atoms with E-state index in [2.05, 4.69) is 5.32 Å². The highest BCUT2D eigenvalue weighted by atomic mass is 16.5. The fourth-order valence-corrected chi connectivity index (χ4v) is 2.58. The van der Waals surface area contributed by atoms with Crippen molar-refractivity contribution >= 4 is 34.0 Å². The van der Waals surface area contributed by atoms with Gasteiger partial charge >= 0.3 is 0 Å². The van der Waals surface area contributed by atoms with Gasteiger partial charge in [-0.3, -0.25) is 14.8 Å². The number of hydroxylamine groups is 1. The van der Waals surface area contributed by atoms with E-state index in [0.717, 1.165) is 0 Å². The minimum Gasteiger partial charge on any atom is -0.397 e. The van der Waals surface area contributed by atoms with Gasteiger partial charge in [-0.25, -0.2) is 5.48 Å². The van der Waals surface area contributed by atoms with Crippen LogP contribution in [-0.2, 0) is 0 Å². The quantitative estimate of drug-likeness (QED) is 0.338. The van der Waals surface area contributed by atoms with E-state index in [9.17, 15) is 9.59 Å². The van der Waals surface area contributed by atoms with Crippen LogP contribution in [0, 0.1) is 0 Å². The molecule has 3 rings (SSSR count). The largest absolute Gasteiger partial charge is 0.397 e. The van der Waals surface area contributed by atoms with E-state index in [-0.39, 0.29) is 5.56 Å². The molecule has 0 saturated carbocycles. The van der Waals surface area contributed by atoms with Gasteiger partial charge in [-0.05, 0) is 29.7 Å². The molecule has 0 fully saturated rings. The Morgan fingerprint density at radius 1 is 0.833 bits per heavy atom. The van der Waals surface area contributed by atoms with E-state index in [1.165, 1.54) is 0 Å². The number of carbonyl (C=O) groups is 2. The lowest BCUT2D eigenvalue weighted by molar-refractivity contribution is 0.0708. The molecule has 0 aromatic heterocycles. The zero-order chi connectivity index (χ0) is 17.1. The second-order valence-corrected chi connectivity index (χ2v) is 5.19. The van der Waals surface area contributed by atoms with Gasteiger partial charge in [-0.2, -0.15) is 0 Å². The summed E-state index contributed by atoms with van der Waals surface area (Å²) >= 11 is 0. The molecule has 0 radical (unpaired) electrons. The Labute approximate surface area is 137 Å². The second-order valence-electron chi connectivity index (χ2n) is 5.19. The van der Waals surface area contributed by atoms with Crippen LogP contribution in [0.15, 0.2) is 60.7 Å². The number of nitrogens with two attached hydrogens (primary N) is 1. The van der Waals surface area contributed by atoms with Crippen molar-refractivity contribution in [3.05, 3.63) is 71.8 Å². The van der Waals surface area contributed by atoms with Crippen molar-refractivity contribution in [2.24, 2.45) is 0 Å². The maximum atomic E-state index is 12.7. The van der Waals surface area contributed by atoms with Crippen LogP contribution in [0.25, 0.3) is 10.8 Å². The Balaban J connectivity index is 2.10. The van der Waals surface area contributed by atoms with Crippen LogP contribution in [-0.4, -0.2) is 17.0 Å². The fraction of sp³-hybridized carbons (Fsp3) is 0. The Morgan fingerprint density at radius 3 is 2.08 bits per heavy atom. The molecule has 0 bridgehead atoms. The zero-order valence-corrected chi connectivity index (χ0v) is 12.6. The fourth-order valence-electron chi connectivity index (χ4n) is 2.58. The zero-order valence-electron chi connectivity index (χ0n) is 12.6. The molecule has 5 N–H and O–H groups in total. The van der Waals surface area contributed by atoms with Crippen LogP contribution >= 0.6 is 0 Å². The third-order valence-corrected chi connectivity index (χ3v) is 3.70. The van der Waals surface area contributed by atoms with Gasteiger partial charge < -0.3 is 11.1 Å². The standard InChI is InChI=1S/C18H15N3O3/c19-14-9-1-2-10-15(14)20-17(22)12-7-3-5-11-6-4-8-13(16(11)12)18(23)21-24/h1-10,24H,19H2,(H,20,22)(H,21,23). The molecule has 0 atom stereocenters. The molecule has 0 spiro atoms. The summed E-state index contributed by atoms with van der Waals surface area (Å²) in [4.78, 5) is 24.6. The average Bonchev–Trinajstić information content (AvgIpc) is 2.61. The number of fused-ring (bicyclic) bond motifs is 1. The van der Waals surface area contributed by atoms with Crippen molar-refractivity contribution in [1.82, 2.24) is 5.48 Å². The molecule has 24 heavy (non-hydrogen) atoms. The van der Waals surface area contributed by atoms with Crippen LogP contribution in [0.4, 0.5) is 11.4 Å². The average molecular weight is 321 g/mol. The number of nitrogens with one attached hydrogen (secondary N) is 2. The summed E-state index contributed by atoms with van der Waals surface area (Å²) in [7, 11) is 0. The van der Waals surface area contributed by atoms with Gasteiger partial charge in [0.05, 0.1) is 16.9 Å². The molecule has 120 valence electrons. The number of hydrogen-bond acceptors (Lipinski definition) is 4. The van der Waals surface area contributed by atoms with Crippen molar-refractivity contribution in [2.45, 2.75) is 0 Å². The Kier molecular flexibility index (Phi) is 4.13. The first-order valence-corrected chi connectivity index (χ1v) is 7.24. The van der Waals surface area contributed by atoms with Crippen molar-refractivity contribution in [3.63, 3.8) is 0 Å². The van der Waals surface area contributed by atoms with E-state index < -0.39 is 11.8 Å². The summed E-state index contributed by atoms with van der Waals surface area (Å²) < 4.78 is 0. The lowest BCUT2D eigenvalue weighted by Crippen LogP contribution is -2.20. The Hall–Kier alpha value is -3.38. The SMILES string of the molecule is Nc1ccccc1NC(=O)c1cccc2cccc(C(=O)NO)c12. The number of anilines is 2.